The van der Waals surface area contributed by atoms with Crippen LogP contribution < -0.4 is 5.32 Å². The summed E-state index contributed by atoms with van der Waals surface area (Å²) in [5, 5.41) is 2.82. The number of aryl methyl sites for hydroxylation is 2. The van der Waals surface area contributed by atoms with E-state index < -0.39 is 6.09 Å². The van der Waals surface area contributed by atoms with Gasteiger partial charge in [0.15, 0.2) is 0 Å². The minimum Gasteiger partial charge on any atom is -0.445 e. The first-order chi connectivity index (χ1) is 12.5. The number of carbonyl (C=O) groups is 2. The molecule has 0 spiro atoms. The van der Waals surface area contributed by atoms with E-state index in [1.807, 2.05) is 30.3 Å². The molecule has 0 bridgehead atoms. The number of nitrogens with zero attached hydrogens (tertiary/aromatic N) is 3. The highest BCUT2D eigenvalue weighted by atomic mass is 16.5. The zero-order chi connectivity index (χ0) is 18.5. The second kappa shape index (κ2) is 7.95. The number of hydrogen-bond donors (Lipinski definition) is 1. The van der Waals surface area contributed by atoms with Crippen molar-refractivity contribution >= 4 is 12.0 Å². The van der Waals surface area contributed by atoms with Crippen molar-refractivity contribution in [2.24, 2.45) is 0 Å². The van der Waals surface area contributed by atoms with Gasteiger partial charge in [0.05, 0.1) is 17.3 Å². The van der Waals surface area contributed by atoms with Crippen LogP contribution in [0.5, 0.6) is 0 Å². The summed E-state index contributed by atoms with van der Waals surface area (Å²) in [5.74, 6) is 0.533. The molecule has 0 aliphatic carbocycles. The fourth-order valence-electron chi connectivity index (χ4n) is 2.96. The number of alkyl carbamates (subject to hydrolysis) is 1. The van der Waals surface area contributed by atoms with E-state index in [2.05, 4.69) is 15.3 Å². The number of nitrogens with one attached hydrogen (secondary N) is 1. The van der Waals surface area contributed by atoms with Crippen LogP contribution in [0.4, 0.5) is 4.79 Å². The van der Waals surface area contributed by atoms with Crippen LogP contribution in [0.25, 0.3) is 0 Å². The van der Waals surface area contributed by atoms with Crippen LogP contribution in [0.15, 0.2) is 36.5 Å². The summed E-state index contributed by atoms with van der Waals surface area (Å²) in [6.45, 7) is 4.84. The molecule has 1 aliphatic rings. The lowest BCUT2D eigenvalue weighted by molar-refractivity contribution is 0.0785. The van der Waals surface area contributed by atoms with E-state index >= 15 is 0 Å². The second-order valence-electron chi connectivity index (χ2n) is 6.36. The predicted octanol–water partition coefficient (Wildman–Crippen LogP) is 2.23. The van der Waals surface area contributed by atoms with Crippen molar-refractivity contribution in [3.05, 3.63) is 59.2 Å². The predicted molar refractivity (Wildman–Crippen MR) is 95.6 cm³/mol. The molecule has 3 rings (SSSR count). The Hall–Kier alpha value is -2.96. The van der Waals surface area contributed by atoms with Gasteiger partial charge in [-0.3, -0.25) is 4.79 Å². The minimum absolute atomic E-state index is 0.107. The van der Waals surface area contributed by atoms with E-state index in [0.717, 1.165) is 5.56 Å². The van der Waals surface area contributed by atoms with Crippen molar-refractivity contribution in [3.8, 4) is 0 Å². The van der Waals surface area contributed by atoms with E-state index in [4.69, 9.17) is 4.74 Å². The standard InChI is InChI=1S/C19H22N4O3/c1-13-17(10-20-14(2)21-13)18(24)23-9-8-16(11-23)22-19(25)26-12-15-6-4-3-5-7-15/h3-7,10,16H,8-9,11-12H2,1-2H3,(H,22,25). The molecule has 0 radical (unpaired) electrons. The van der Waals surface area contributed by atoms with Crippen LogP contribution in [-0.4, -0.2) is 46.0 Å². The Morgan fingerprint density at radius 3 is 2.77 bits per heavy atom. The van der Waals surface area contributed by atoms with Gasteiger partial charge in [0.1, 0.15) is 12.4 Å². The fourth-order valence-corrected chi connectivity index (χ4v) is 2.96. The van der Waals surface area contributed by atoms with Gasteiger partial charge in [0.2, 0.25) is 0 Å². The Labute approximate surface area is 152 Å². The van der Waals surface area contributed by atoms with Gasteiger partial charge in [-0.25, -0.2) is 14.8 Å². The summed E-state index contributed by atoms with van der Waals surface area (Å²) < 4.78 is 5.23. The molecule has 1 atom stereocenters. The Bertz CT molecular complexity index is 795. The first kappa shape index (κ1) is 17.8. The molecular formula is C19H22N4O3. The first-order valence-electron chi connectivity index (χ1n) is 8.59. The molecule has 7 heteroatoms. The largest absolute Gasteiger partial charge is 0.445 e. The number of aromatic nitrogens is 2. The van der Waals surface area contributed by atoms with Crippen LogP contribution in [0, 0.1) is 13.8 Å². The van der Waals surface area contributed by atoms with E-state index in [1.165, 1.54) is 0 Å². The van der Waals surface area contributed by atoms with Crippen LogP contribution in [0.2, 0.25) is 0 Å². The Morgan fingerprint density at radius 2 is 2.04 bits per heavy atom. The zero-order valence-electron chi connectivity index (χ0n) is 14.9. The Balaban J connectivity index is 1.50. The van der Waals surface area contributed by atoms with Crippen molar-refractivity contribution in [1.82, 2.24) is 20.2 Å². The first-order valence-corrected chi connectivity index (χ1v) is 8.59. The Kier molecular flexibility index (Phi) is 5.46. The molecule has 1 aromatic heterocycles. The average molecular weight is 354 g/mol. The van der Waals surface area contributed by atoms with Gasteiger partial charge >= 0.3 is 6.09 Å². The highest BCUT2D eigenvalue weighted by Crippen LogP contribution is 2.15. The summed E-state index contributed by atoms with van der Waals surface area (Å²) in [7, 11) is 0. The maximum atomic E-state index is 12.6. The number of rotatable bonds is 4. The molecule has 1 fully saturated rings. The van der Waals surface area contributed by atoms with Gasteiger partial charge in [0.25, 0.3) is 5.91 Å². The van der Waals surface area contributed by atoms with Gasteiger partial charge in [-0.15, -0.1) is 0 Å². The maximum absolute atomic E-state index is 12.6. The lowest BCUT2D eigenvalue weighted by Crippen LogP contribution is -2.38. The molecule has 136 valence electrons. The monoisotopic (exact) mass is 354 g/mol. The third-order valence-electron chi connectivity index (χ3n) is 4.34. The number of amides is 2. The average Bonchev–Trinajstić information content (AvgIpc) is 3.09. The van der Waals surface area contributed by atoms with Crippen molar-refractivity contribution in [1.29, 1.82) is 0 Å². The van der Waals surface area contributed by atoms with Crippen LogP contribution >= 0.6 is 0 Å². The summed E-state index contributed by atoms with van der Waals surface area (Å²) in [6, 6.07) is 9.38. The van der Waals surface area contributed by atoms with Crippen molar-refractivity contribution in [3.63, 3.8) is 0 Å². The topological polar surface area (TPSA) is 84.4 Å². The van der Waals surface area contributed by atoms with E-state index in [-0.39, 0.29) is 18.6 Å². The molecule has 2 aromatic rings. The van der Waals surface area contributed by atoms with Gasteiger partial charge < -0.3 is 15.0 Å². The maximum Gasteiger partial charge on any atom is 0.407 e. The SMILES string of the molecule is Cc1ncc(C(=O)N2CCC(NC(=O)OCc3ccccc3)C2)c(C)n1. The zero-order valence-corrected chi connectivity index (χ0v) is 14.9. The number of carbonyl (C=O) groups excluding carboxylic acids is 2. The molecule has 1 saturated heterocycles. The van der Waals surface area contributed by atoms with Crippen molar-refractivity contribution in [2.75, 3.05) is 13.1 Å². The fraction of sp³-hybridized carbons (Fsp3) is 0.368. The van der Waals surface area contributed by atoms with Crippen LogP contribution in [0.1, 0.15) is 33.9 Å². The highest BCUT2D eigenvalue weighted by molar-refractivity contribution is 5.95. The minimum atomic E-state index is -0.469. The summed E-state index contributed by atoms with van der Waals surface area (Å²) in [5.41, 5.74) is 2.10. The quantitative estimate of drug-likeness (QED) is 0.910. The third kappa shape index (κ3) is 4.36. The number of benzene rings is 1. The molecule has 0 saturated carbocycles. The molecule has 1 aliphatic heterocycles. The summed E-state index contributed by atoms with van der Waals surface area (Å²) in [6.07, 6.45) is 1.79. The molecule has 2 heterocycles. The van der Waals surface area contributed by atoms with E-state index in [9.17, 15) is 9.59 Å². The number of likely N-dealkylation sites (tertiary alicyclic amines) is 1. The van der Waals surface area contributed by atoms with Crippen LogP contribution in [-0.2, 0) is 11.3 Å². The molecule has 26 heavy (non-hydrogen) atoms. The third-order valence-corrected chi connectivity index (χ3v) is 4.34. The molecule has 1 N–H and O–H groups in total. The van der Waals surface area contributed by atoms with E-state index in [1.54, 1.807) is 24.9 Å². The highest BCUT2D eigenvalue weighted by Gasteiger charge is 2.29. The molecule has 1 aromatic carbocycles. The molecule has 1 unspecified atom stereocenters. The lowest BCUT2D eigenvalue weighted by Gasteiger charge is -2.18. The van der Waals surface area contributed by atoms with Gasteiger partial charge in [-0.05, 0) is 25.8 Å². The summed E-state index contributed by atoms with van der Waals surface area (Å²) in [4.78, 5) is 34.6. The lowest BCUT2D eigenvalue weighted by atomic mass is 10.2. The van der Waals surface area contributed by atoms with Crippen molar-refractivity contribution < 1.29 is 14.3 Å². The van der Waals surface area contributed by atoms with Crippen molar-refractivity contribution in [2.45, 2.75) is 32.9 Å². The van der Waals surface area contributed by atoms with Crippen LogP contribution in [0.3, 0.4) is 0 Å². The van der Waals surface area contributed by atoms with Gasteiger partial charge in [-0.2, -0.15) is 0 Å². The molecule has 7 nitrogen and oxygen atoms in total. The smallest absolute Gasteiger partial charge is 0.407 e. The van der Waals surface area contributed by atoms with E-state index in [0.29, 0.717) is 36.6 Å². The Morgan fingerprint density at radius 1 is 1.27 bits per heavy atom. The molecular weight excluding hydrogens is 332 g/mol. The second-order valence-corrected chi connectivity index (χ2v) is 6.36. The normalized spacial score (nSPS) is 16.4. The number of ether oxygens (including phenoxy) is 1. The number of hydrogen-bond acceptors (Lipinski definition) is 5. The molecule has 2 amide bonds. The van der Waals surface area contributed by atoms with Gasteiger partial charge in [0, 0.05) is 19.3 Å². The van der Waals surface area contributed by atoms with Gasteiger partial charge in [-0.1, -0.05) is 30.3 Å². The summed E-state index contributed by atoms with van der Waals surface area (Å²) >= 11 is 0.